The van der Waals surface area contributed by atoms with Gasteiger partial charge in [-0.3, -0.25) is 14.4 Å². The summed E-state index contributed by atoms with van der Waals surface area (Å²) in [5.74, 6) is -4.77. The number of benzene rings is 1. The molecular weight excluding hydrogens is 601 g/mol. The van der Waals surface area contributed by atoms with Crippen molar-refractivity contribution < 1.29 is 41.5 Å². The molecule has 1 aliphatic heterocycles. The number of ketones is 1. The Morgan fingerprint density at radius 2 is 1.90 bits per heavy atom. The Morgan fingerprint density at radius 3 is 2.57 bits per heavy atom. The molecule has 0 unspecified atom stereocenters. The molecule has 6 rings (SSSR count). The average molecular weight is 632 g/mol. The summed E-state index contributed by atoms with van der Waals surface area (Å²) in [7, 11) is 0. The molecule has 5 nitrogen and oxygen atoms in total. The molecule has 0 aromatic heterocycles. The third kappa shape index (κ3) is 4.20. The Kier molecular flexibility index (Phi) is 7.10. The molecule has 1 heterocycles. The molecule has 3 fully saturated rings. The normalized spacial score (nSPS) is 41.4. The van der Waals surface area contributed by atoms with E-state index in [4.69, 9.17) is 16.4 Å². The molecule has 1 N–H and O–H groups in total. The van der Waals surface area contributed by atoms with Crippen LogP contribution in [0.3, 0.4) is 0 Å². The molecule has 0 spiro atoms. The highest BCUT2D eigenvalue weighted by Gasteiger charge is 2.79. The van der Waals surface area contributed by atoms with Crippen LogP contribution in [0.4, 0.5) is 22.0 Å². The van der Waals surface area contributed by atoms with E-state index in [0.717, 1.165) is 5.56 Å². The van der Waals surface area contributed by atoms with E-state index in [2.05, 4.69) is 0 Å². The van der Waals surface area contributed by atoms with Gasteiger partial charge in [0.2, 0.25) is 5.12 Å². The van der Waals surface area contributed by atoms with Crippen LogP contribution >= 0.6 is 23.4 Å². The van der Waals surface area contributed by atoms with Gasteiger partial charge in [0.15, 0.2) is 17.1 Å². The van der Waals surface area contributed by atoms with E-state index in [1.807, 2.05) is 0 Å². The summed E-state index contributed by atoms with van der Waals surface area (Å²) in [5, 5.41) is 12.9. The number of aliphatic hydroxyl groups excluding tert-OH is 1. The van der Waals surface area contributed by atoms with Crippen LogP contribution in [0.25, 0.3) is 0 Å². The molecule has 42 heavy (non-hydrogen) atoms. The first kappa shape index (κ1) is 30.2. The second-order valence-electron chi connectivity index (χ2n) is 12.8. The van der Waals surface area contributed by atoms with Gasteiger partial charge in [-0.25, -0.2) is 8.78 Å². The number of hydrogen-bond donors (Lipinski definition) is 1. The Labute approximate surface area is 249 Å². The van der Waals surface area contributed by atoms with Gasteiger partial charge in [0.05, 0.1) is 11.9 Å². The molecule has 12 heteroatoms. The average Bonchev–Trinajstić information content (AvgIpc) is 3.39. The van der Waals surface area contributed by atoms with Crippen molar-refractivity contribution in [3.05, 3.63) is 58.4 Å². The van der Waals surface area contributed by atoms with Crippen molar-refractivity contribution in [2.24, 2.45) is 28.6 Å². The van der Waals surface area contributed by atoms with Crippen molar-refractivity contribution in [1.29, 1.82) is 0 Å². The van der Waals surface area contributed by atoms with Crippen LogP contribution in [0.1, 0.15) is 45.1 Å². The minimum Gasteiger partial charge on any atom is -0.390 e. The fraction of sp³-hybridized carbons (Fsp3) is 0.600. The van der Waals surface area contributed by atoms with E-state index in [-0.39, 0.29) is 61.9 Å². The third-order valence-corrected chi connectivity index (χ3v) is 11.9. The first-order valence-corrected chi connectivity index (χ1v) is 15.3. The number of hydrogen-bond acceptors (Lipinski definition) is 6. The number of nitrogens with zero attached hydrogens (tertiary/aromatic N) is 1. The van der Waals surface area contributed by atoms with Crippen LogP contribution in [-0.2, 0) is 21.0 Å². The number of alkyl halides is 4. The molecule has 5 aliphatic rings. The van der Waals surface area contributed by atoms with Crippen LogP contribution in [0.15, 0.2) is 47.8 Å². The quantitative estimate of drug-likeness (QED) is 0.381. The van der Waals surface area contributed by atoms with Gasteiger partial charge >= 0.3 is 6.18 Å². The fourth-order valence-electron chi connectivity index (χ4n) is 8.78. The Bertz CT molecular complexity index is 1390. The lowest BCUT2D eigenvalue weighted by Gasteiger charge is -2.62. The van der Waals surface area contributed by atoms with Gasteiger partial charge < -0.3 is 5.11 Å². The van der Waals surface area contributed by atoms with Gasteiger partial charge in [0.1, 0.15) is 5.83 Å². The van der Waals surface area contributed by atoms with E-state index >= 15 is 8.78 Å². The van der Waals surface area contributed by atoms with Crippen LogP contribution in [0.2, 0.25) is 5.02 Å². The number of hydroxylamine groups is 2. The zero-order chi connectivity index (χ0) is 30.5. The van der Waals surface area contributed by atoms with Gasteiger partial charge in [-0.05, 0) is 55.0 Å². The molecule has 0 radical (unpaired) electrons. The number of rotatable bonds is 4. The molecular formula is C30H31ClF5NO4S. The van der Waals surface area contributed by atoms with Crippen molar-refractivity contribution in [2.45, 2.75) is 69.6 Å². The second kappa shape index (κ2) is 9.86. The maximum atomic E-state index is 17.5. The zero-order valence-electron chi connectivity index (χ0n) is 23.0. The molecule has 8 atom stereocenters. The minimum absolute atomic E-state index is 0.0199. The first-order valence-electron chi connectivity index (χ1n) is 13.9. The smallest absolute Gasteiger partial charge is 0.390 e. The molecule has 0 amide bonds. The summed E-state index contributed by atoms with van der Waals surface area (Å²) in [4.78, 5) is 32.5. The Balaban J connectivity index is 1.40. The van der Waals surface area contributed by atoms with E-state index in [9.17, 15) is 27.9 Å². The number of fused-ring (bicyclic) bond motifs is 7. The lowest BCUT2D eigenvalue weighted by atomic mass is 9.45. The van der Waals surface area contributed by atoms with E-state index in [0.29, 0.717) is 5.02 Å². The highest BCUT2D eigenvalue weighted by atomic mass is 35.5. The van der Waals surface area contributed by atoms with Crippen molar-refractivity contribution in [2.75, 3.05) is 12.3 Å². The predicted molar refractivity (Wildman–Crippen MR) is 146 cm³/mol. The maximum Gasteiger partial charge on any atom is 0.398 e. The Hall–Kier alpha value is -1.79. The van der Waals surface area contributed by atoms with Gasteiger partial charge in [-0.1, -0.05) is 48.5 Å². The summed E-state index contributed by atoms with van der Waals surface area (Å²) in [6.07, 6.45) is -4.47. The summed E-state index contributed by atoms with van der Waals surface area (Å²) < 4.78 is 73.1. The molecule has 1 saturated heterocycles. The van der Waals surface area contributed by atoms with Gasteiger partial charge in [0, 0.05) is 53.6 Å². The zero-order valence-corrected chi connectivity index (χ0v) is 24.6. The highest BCUT2D eigenvalue weighted by molar-refractivity contribution is 8.13. The maximum absolute atomic E-state index is 17.5. The number of carbonyl (C=O) groups excluding carboxylic acids is 2. The van der Waals surface area contributed by atoms with Gasteiger partial charge in [-0.15, -0.1) is 0 Å². The molecule has 4 aliphatic carbocycles. The predicted octanol–water partition coefficient (Wildman–Crippen LogP) is 6.54. The fourth-order valence-corrected chi connectivity index (χ4v) is 9.85. The van der Waals surface area contributed by atoms with Gasteiger partial charge in [-0.2, -0.15) is 18.2 Å². The SMILES string of the molecule is C[C@]12C=CC(=O)CC1=C(F)C[C@H]1[C@@H]3C[C@H]4CN(Cc5ccc(Cl)cc5)O[C@@]4(C(=O)SCC(F)(F)F)[C@@]3(C)C[C@H](O)[C@@]12F. The second-order valence-corrected chi connectivity index (χ2v) is 14.2. The lowest BCUT2D eigenvalue weighted by Crippen LogP contribution is -2.69. The standard InChI is InChI=1S/C30H31ClF5NO4S/c1-26-8-7-19(38)10-22(26)23(32)11-21-20-9-17-14-37(13-16-3-5-18(31)6-4-16)41-30(17,25(40)42-15-28(33,34)35)27(20,2)12-24(39)29(21,26)36/h3-8,17,20-21,24,39H,9-15H2,1-2H3/t17-,20-,21-,24-,26-,27-,29-,30-/m0/s1. The van der Waals surface area contributed by atoms with E-state index in [1.54, 1.807) is 36.3 Å². The van der Waals surface area contributed by atoms with E-state index < -0.39 is 68.8 Å². The summed E-state index contributed by atoms with van der Waals surface area (Å²) in [5.41, 5.74) is -6.21. The van der Waals surface area contributed by atoms with Crippen LogP contribution < -0.4 is 0 Å². The van der Waals surface area contributed by atoms with Crippen molar-refractivity contribution in [1.82, 2.24) is 5.06 Å². The number of thioether (sulfide) groups is 1. The first-order chi connectivity index (χ1) is 19.5. The molecule has 0 bridgehead atoms. The molecule has 2 saturated carbocycles. The monoisotopic (exact) mass is 631 g/mol. The number of carbonyl (C=O) groups is 2. The molecule has 228 valence electrons. The number of allylic oxidation sites excluding steroid dienone is 4. The largest absolute Gasteiger partial charge is 0.398 e. The van der Waals surface area contributed by atoms with Gasteiger partial charge in [0.25, 0.3) is 0 Å². The van der Waals surface area contributed by atoms with Crippen molar-refractivity contribution in [3.63, 3.8) is 0 Å². The minimum atomic E-state index is -4.61. The highest BCUT2D eigenvalue weighted by Crippen LogP contribution is 2.73. The Morgan fingerprint density at radius 1 is 1.21 bits per heavy atom. The van der Waals surface area contributed by atoms with E-state index in [1.165, 1.54) is 19.1 Å². The van der Waals surface area contributed by atoms with Crippen molar-refractivity contribution in [3.8, 4) is 0 Å². The topological polar surface area (TPSA) is 66.8 Å². The number of halogens is 6. The molecule has 1 aromatic rings. The third-order valence-electron chi connectivity index (χ3n) is 10.7. The lowest BCUT2D eigenvalue weighted by molar-refractivity contribution is -0.263. The summed E-state index contributed by atoms with van der Waals surface area (Å²) in [6.45, 7) is 3.57. The van der Waals surface area contributed by atoms with Crippen molar-refractivity contribution >= 4 is 34.3 Å². The van der Waals surface area contributed by atoms with Crippen LogP contribution in [0.5, 0.6) is 0 Å². The summed E-state index contributed by atoms with van der Waals surface area (Å²) >= 11 is 6.12. The molecule has 1 aromatic carbocycles. The number of aliphatic hydroxyl groups is 1. The van der Waals surface area contributed by atoms with Crippen LogP contribution in [0, 0.1) is 28.6 Å². The summed E-state index contributed by atoms with van der Waals surface area (Å²) in [6, 6.07) is 6.93. The van der Waals surface area contributed by atoms with Crippen LogP contribution in [-0.4, -0.2) is 56.9 Å².